The predicted molar refractivity (Wildman–Crippen MR) is 141 cm³/mol. The maximum absolute atomic E-state index is 13.5. The normalized spacial score (nSPS) is 12.2. The van der Waals surface area contributed by atoms with E-state index in [2.05, 4.69) is 20.6 Å². The predicted octanol–water partition coefficient (Wildman–Crippen LogP) is 4.08. The number of benzene rings is 2. The van der Waals surface area contributed by atoms with E-state index in [4.69, 9.17) is 5.73 Å². The summed E-state index contributed by atoms with van der Waals surface area (Å²) in [6.45, 7) is 1.07. The summed E-state index contributed by atoms with van der Waals surface area (Å²) >= 11 is 0. The van der Waals surface area contributed by atoms with Crippen molar-refractivity contribution >= 4 is 33.6 Å². The zero-order valence-corrected chi connectivity index (χ0v) is 20.4. The molecular weight excluding hydrogens is 457 g/mol. The number of carbonyl (C=O) groups is 2. The van der Waals surface area contributed by atoms with Gasteiger partial charge in [-0.25, -0.2) is 4.39 Å². The second kappa shape index (κ2) is 12.4. The van der Waals surface area contributed by atoms with Gasteiger partial charge in [-0.15, -0.1) is 0 Å². The lowest BCUT2D eigenvalue weighted by atomic mass is 10.0. The second-order valence-corrected chi connectivity index (χ2v) is 9.18. The van der Waals surface area contributed by atoms with Crippen molar-refractivity contribution in [3.63, 3.8) is 0 Å². The van der Waals surface area contributed by atoms with Gasteiger partial charge >= 0.3 is 0 Å². The van der Waals surface area contributed by atoms with Crippen molar-refractivity contribution in [1.29, 1.82) is 0 Å². The molecule has 6 N–H and O–H groups in total. The molecule has 1 atom stereocenters. The molecule has 0 saturated carbocycles. The smallest absolute Gasteiger partial charge is 0.242 e. The number of fused-ring (bicyclic) bond motifs is 2. The fourth-order valence-corrected chi connectivity index (χ4v) is 4.59. The van der Waals surface area contributed by atoms with Crippen LogP contribution < -0.4 is 16.4 Å². The Morgan fingerprint density at radius 1 is 0.917 bits per heavy atom. The molecule has 1 unspecified atom stereocenters. The molecule has 4 rings (SSSR count). The van der Waals surface area contributed by atoms with Crippen molar-refractivity contribution in [2.75, 3.05) is 13.1 Å². The summed E-state index contributed by atoms with van der Waals surface area (Å²) in [4.78, 5) is 32.2. The fraction of sp³-hybridized carbons (Fsp3) is 0.357. The zero-order valence-electron chi connectivity index (χ0n) is 20.4. The topological polar surface area (TPSA) is 116 Å². The minimum Gasteiger partial charge on any atom is -0.361 e. The second-order valence-electron chi connectivity index (χ2n) is 9.18. The van der Waals surface area contributed by atoms with Gasteiger partial charge in [0.2, 0.25) is 11.8 Å². The molecule has 2 amide bonds. The van der Waals surface area contributed by atoms with Crippen LogP contribution in [-0.4, -0.2) is 40.9 Å². The molecule has 0 aliphatic carbocycles. The Balaban J connectivity index is 1.39. The molecule has 4 aromatic rings. The number of H-pyrrole nitrogens is 2. The Labute approximate surface area is 210 Å². The molecule has 0 radical (unpaired) electrons. The van der Waals surface area contributed by atoms with Gasteiger partial charge in [-0.2, -0.15) is 0 Å². The number of amides is 2. The van der Waals surface area contributed by atoms with Gasteiger partial charge in [0, 0.05) is 53.6 Å². The third-order valence-corrected chi connectivity index (χ3v) is 6.53. The van der Waals surface area contributed by atoms with Crippen molar-refractivity contribution in [3.8, 4) is 0 Å². The van der Waals surface area contributed by atoms with E-state index < -0.39 is 6.04 Å². The van der Waals surface area contributed by atoms with E-state index in [1.165, 1.54) is 12.1 Å². The van der Waals surface area contributed by atoms with Crippen LogP contribution in [0.5, 0.6) is 0 Å². The molecular formula is C28H34FN5O2. The first-order valence-electron chi connectivity index (χ1n) is 12.6. The fourth-order valence-electron chi connectivity index (χ4n) is 4.59. The molecule has 2 heterocycles. The maximum Gasteiger partial charge on any atom is 0.242 e. The van der Waals surface area contributed by atoms with Gasteiger partial charge in [0.1, 0.15) is 11.9 Å². The summed E-state index contributed by atoms with van der Waals surface area (Å²) in [5, 5.41) is 7.91. The summed E-state index contributed by atoms with van der Waals surface area (Å²) in [5.41, 5.74) is 9.24. The molecule has 36 heavy (non-hydrogen) atoms. The standard InChI is InChI=1S/C28H34FN5O2/c29-21-10-11-23-19(17-33-25(23)16-21)12-14-31-28(36)26(34-27(35)9-3-1-2-6-13-30)15-20-18-32-24-8-5-4-7-22(20)24/h4-5,7-8,10-11,16-18,26,32-33H,1-3,6,9,12-15,30H2,(H,31,36)(H,34,35). The molecule has 7 nitrogen and oxygen atoms in total. The number of aromatic nitrogens is 2. The van der Waals surface area contributed by atoms with E-state index in [1.54, 1.807) is 6.07 Å². The van der Waals surface area contributed by atoms with Crippen LogP contribution in [0.3, 0.4) is 0 Å². The van der Waals surface area contributed by atoms with Gasteiger partial charge in [0.25, 0.3) is 0 Å². The Hall–Kier alpha value is -3.65. The van der Waals surface area contributed by atoms with Crippen LogP contribution in [0.15, 0.2) is 54.9 Å². The highest BCUT2D eigenvalue weighted by atomic mass is 19.1. The minimum atomic E-state index is -0.683. The first-order chi connectivity index (χ1) is 17.5. The summed E-state index contributed by atoms with van der Waals surface area (Å²) in [5.74, 6) is -0.636. The number of nitrogens with one attached hydrogen (secondary N) is 4. The Kier molecular flexibility index (Phi) is 8.73. The van der Waals surface area contributed by atoms with Gasteiger partial charge in [-0.05, 0) is 61.2 Å². The van der Waals surface area contributed by atoms with Crippen LogP contribution in [0, 0.1) is 5.82 Å². The number of unbranched alkanes of at least 4 members (excludes halogenated alkanes) is 3. The van der Waals surface area contributed by atoms with E-state index in [1.807, 2.05) is 36.7 Å². The van der Waals surface area contributed by atoms with E-state index in [0.717, 1.165) is 58.6 Å². The molecule has 0 aliphatic heterocycles. The lowest BCUT2D eigenvalue weighted by Gasteiger charge is -2.18. The Bertz CT molecular complexity index is 1310. The van der Waals surface area contributed by atoms with E-state index in [9.17, 15) is 14.0 Å². The van der Waals surface area contributed by atoms with Gasteiger partial charge in [0.15, 0.2) is 0 Å². The molecule has 190 valence electrons. The molecule has 0 aliphatic rings. The molecule has 2 aromatic heterocycles. The lowest BCUT2D eigenvalue weighted by molar-refractivity contribution is -0.129. The zero-order chi connectivity index (χ0) is 25.3. The van der Waals surface area contributed by atoms with Crippen LogP contribution in [0.25, 0.3) is 21.8 Å². The lowest BCUT2D eigenvalue weighted by Crippen LogP contribution is -2.48. The molecule has 0 bridgehead atoms. The summed E-state index contributed by atoms with van der Waals surface area (Å²) in [6.07, 6.45) is 8.78. The number of para-hydroxylation sites is 1. The quantitative estimate of drug-likeness (QED) is 0.181. The number of hydrogen-bond acceptors (Lipinski definition) is 3. The van der Waals surface area contributed by atoms with Gasteiger partial charge in [-0.1, -0.05) is 31.0 Å². The first-order valence-corrected chi connectivity index (χ1v) is 12.6. The molecule has 2 aromatic carbocycles. The summed E-state index contributed by atoms with van der Waals surface area (Å²) in [6, 6.07) is 11.9. The first kappa shape index (κ1) is 25.4. The number of halogens is 1. The van der Waals surface area contributed by atoms with Crippen molar-refractivity contribution in [2.45, 2.75) is 51.0 Å². The van der Waals surface area contributed by atoms with Crippen molar-refractivity contribution in [2.24, 2.45) is 5.73 Å². The number of aromatic amines is 2. The number of nitrogens with two attached hydrogens (primary N) is 1. The molecule has 0 saturated heterocycles. The maximum atomic E-state index is 13.5. The van der Waals surface area contributed by atoms with Gasteiger partial charge in [-0.3, -0.25) is 9.59 Å². The third-order valence-electron chi connectivity index (χ3n) is 6.53. The van der Waals surface area contributed by atoms with Crippen LogP contribution in [0.4, 0.5) is 4.39 Å². The monoisotopic (exact) mass is 491 g/mol. The van der Waals surface area contributed by atoms with Crippen molar-refractivity contribution in [3.05, 3.63) is 71.8 Å². The summed E-state index contributed by atoms with van der Waals surface area (Å²) < 4.78 is 13.5. The van der Waals surface area contributed by atoms with Crippen LogP contribution in [-0.2, 0) is 22.4 Å². The average molecular weight is 492 g/mol. The third kappa shape index (κ3) is 6.51. The highest BCUT2D eigenvalue weighted by Crippen LogP contribution is 2.21. The molecule has 8 heteroatoms. The van der Waals surface area contributed by atoms with Gasteiger partial charge < -0.3 is 26.3 Å². The van der Waals surface area contributed by atoms with E-state index in [-0.39, 0.29) is 17.6 Å². The van der Waals surface area contributed by atoms with E-state index in [0.29, 0.717) is 32.4 Å². The Morgan fingerprint density at radius 2 is 1.67 bits per heavy atom. The van der Waals surface area contributed by atoms with Crippen LogP contribution >= 0.6 is 0 Å². The van der Waals surface area contributed by atoms with Crippen molar-refractivity contribution < 1.29 is 14.0 Å². The number of rotatable bonds is 13. The van der Waals surface area contributed by atoms with Gasteiger partial charge in [0.05, 0.1) is 0 Å². The molecule has 0 fully saturated rings. The Morgan fingerprint density at radius 3 is 2.53 bits per heavy atom. The highest BCUT2D eigenvalue weighted by Gasteiger charge is 2.22. The van der Waals surface area contributed by atoms with Crippen LogP contribution in [0.1, 0.15) is 43.2 Å². The van der Waals surface area contributed by atoms with Crippen LogP contribution in [0.2, 0.25) is 0 Å². The number of carbonyl (C=O) groups excluding carboxylic acids is 2. The number of hydrogen-bond donors (Lipinski definition) is 5. The average Bonchev–Trinajstić information content (AvgIpc) is 3.47. The summed E-state index contributed by atoms with van der Waals surface area (Å²) in [7, 11) is 0. The minimum absolute atomic E-state index is 0.124. The molecule has 0 spiro atoms. The highest BCUT2D eigenvalue weighted by molar-refractivity contribution is 5.89. The largest absolute Gasteiger partial charge is 0.361 e. The SMILES string of the molecule is NCCCCCCC(=O)NC(Cc1c[nH]c2ccccc12)C(=O)NCCc1c[nH]c2cc(F)ccc12. The van der Waals surface area contributed by atoms with E-state index >= 15 is 0 Å². The van der Waals surface area contributed by atoms with Crippen molar-refractivity contribution in [1.82, 2.24) is 20.6 Å².